The van der Waals surface area contributed by atoms with Gasteiger partial charge in [-0.25, -0.2) is 0 Å². The number of amides is 1. The number of anilines is 1. The Balaban J connectivity index is 1.98. The van der Waals surface area contributed by atoms with E-state index in [1.165, 1.54) is 0 Å². The van der Waals surface area contributed by atoms with Crippen LogP contribution < -0.4 is 15.8 Å². The van der Waals surface area contributed by atoms with Gasteiger partial charge in [0.25, 0.3) is 0 Å². The molecule has 1 aliphatic heterocycles. The standard InChI is InChI=1S/C17H26N2O4/c1-12-5-6-15(19-17(20)9-14(10-18)21-2)16(8-12)23-11-13-4-3-7-22-13/h5-6,8,13-14H,3-4,7,9-11,18H2,1-2H3,(H,19,20). The van der Waals surface area contributed by atoms with Crippen LogP contribution in [0, 0.1) is 6.92 Å². The number of ether oxygens (including phenoxy) is 3. The number of methoxy groups -OCH3 is 1. The maximum atomic E-state index is 12.1. The minimum absolute atomic E-state index is 0.133. The molecule has 1 saturated heterocycles. The number of hydrogen-bond donors (Lipinski definition) is 2. The molecule has 6 heteroatoms. The van der Waals surface area contributed by atoms with Crippen LogP contribution in [0.25, 0.3) is 0 Å². The van der Waals surface area contributed by atoms with Gasteiger partial charge in [0.05, 0.1) is 24.3 Å². The summed E-state index contributed by atoms with van der Waals surface area (Å²) in [6, 6.07) is 5.70. The summed E-state index contributed by atoms with van der Waals surface area (Å²) in [5, 5.41) is 2.87. The fraction of sp³-hybridized carbons (Fsp3) is 0.588. The summed E-state index contributed by atoms with van der Waals surface area (Å²) in [5.74, 6) is 0.517. The molecule has 0 bridgehead atoms. The molecule has 2 unspecified atom stereocenters. The summed E-state index contributed by atoms with van der Waals surface area (Å²) in [6.07, 6.45) is 2.15. The van der Waals surface area contributed by atoms with Gasteiger partial charge in [-0.3, -0.25) is 4.79 Å². The van der Waals surface area contributed by atoms with E-state index in [9.17, 15) is 4.79 Å². The molecular formula is C17H26N2O4. The van der Waals surface area contributed by atoms with Gasteiger partial charge in [-0.2, -0.15) is 0 Å². The third kappa shape index (κ3) is 5.49. The Bertz CT molecular complexity index is 511. The molecule has 1 aromatic carbocycles. The highest BCUT2D eigenvalue weighted by Crippen LogP contribution is 2.27. The van der Waals surface area contributed by atoms with Gasteiger partial charge in [-0.05, 0) is 37.5 Å². The van der Waals surface area contributed by atoms with Crippen molar-refractivity contribution in [1.82, 2.24) is 0 Å². The van der Waals surface area contributed by atoms with Crippen LogP contribution in [0.3, 0.4) is 0 Å². The minimum Gasteiger partial charge on any atom is -0.489 e. The highest BCUT2D eigenvalue weighted by atomic mass is 16.5. The first-order valence-electron chi connectivity index (χ1n) is 8.00. The molecule has 1 fully saturated rings. The Morgan fingerprint density at radius 1 is 1.52 bits per heavy atom. The van der Waals surface area contributed by atoms with E-state index >= 15 is 0 Å². The molecular weight excluding hydrogens is 296 g/mol. The molecule has 0 radical (unpaired) electrons. The van der Waals surface area contributed by atoms with Crippen LogP contribution >= 0.6 is 0 Å². The normalized spacial score (nSPS) is 18.7. The second-order valence-electron chi connectivity index (χ2n) is 5.79. The average Bonchev–Trinajstić information content (AvgIpc) is 3.06. The molecule has 0 saturated carbocycles. The van der Waals surface area contributed by atoms with E-state index in [4.69, 9.17) is 19.9 Å². The highest BCUT2D eigenvalue weighted by Gasteiger charge is 2.18. The molecule has 6 nitrogen and oxygen atoms in total. The number of rotatable bonds is 8. The van der Waals surface area contributed by atoms with Crippen molar-refractivity contribution in [3.8, 4) is 5.75 Å². The number of carbonyl (C=O) groups is 1. The fourth-order valence-electron chi connectivity index (χ4n) is 2.48. The van der Waals surface area contributed by atoms with Crippen LogP contribution in [0.4, 0.5) is 5.69 Å². The van der Waals surface area contributed by atoms with E-state index in [1.807, 2.05) is 25.1 Å². The summed E-state index contributed by atoms with van der Waals surface area (Å²) in [7, 11) is 1.55. The molecule has 2 atom stereocenters. The van der Waals surface area contributed by atoms with Gasteiger partial charge >= 0.3 is 0 Å². The van der Waals surface area contributed by atoms with Crippen molar-refractivity contribution in [3.05, 3.63) is 23.8 Å². The van der Waals surface area contributed by atoms with Crippen molar-refractivity contribution >= 4 is 11.6 Å². The SMILES string of the molecule is COC(CN)CC(=O)Nc1ccc(C)cc1OCC1CCCO1. The third-order valence-electron chi connectivity index (χ3n) is 3.87. The lowest BCUT2D eigenvalue weighted by atomic mass is 10.2. The summed E-state index contributed by atoms with van der Waals surface area (Å²) < 4.78 is 16.6. The highest BCUT2D eigenvalue weighted by molar-refractivity contribution is 5.92. The number of aryl methyl sites for hydroxylation is 1. The van der Waals surface area contributed by atoms with Crippen LogP contribution in [-0.2, 0) is 14.3 Å². The predicted molar refractivity (Wildman–Crippen MR) is 88.7 cm³/mol. The van der Waals surface area contributed by atoms with E-state index in [-0.39, 0.29) is 24.5 Å². The minimum atomic E-state index is -0.281. The quantitative estimate of drug-likeness (QED) is 0.763. The zero-order valence-corrected chi connectivity index (χ0v) is 13.8. The largest absolute Gasteiger partial charge is 0.489 e. The van der Waals surface area contributed by atoms with Gasteiger partial charge in [0, 0.05) is 20.3 Å². The molecule has 23 heavy (non-hydrogen) atoms. The molecule has 1 aromatic rings. The maximum absolute atomic E-state index is 12.1. The Labute approximate surface area is 137 Å². The number of nitrogens with two attached hydrogens (primary N) is 1. The smallest absolute Gasteiger partial charge is 0.227 e. The van der Waals surface area contributed by atoms with Crippen molar-refractivity contribution in [3.63, 3.8) is 0 Å². The van der Waals surface area contributed by atoms with Gasteiger partial charge in [0.1, 0.15) is 12.4 Å². The first-order chi connectivity index (χ1) is 11.1. The van der Waals surface area contributed by atoms with E-state index in [2.05, 4.69) is 5.32 Å². The lowest BCUT2D eigenvalue weighted by Gasteiger charge is -2.17. The van der Waals surface area contributed by atoms with Gasteiger partial charge in [0.2, 0.25) is 5.91 Å². The van der Waals surface area contributed by atoms with Gasteiger partial charge in [-0.1, -0.05) is 6.07 Å². The van der Waals surface area contributed by atoms with Gasteiger partial charge in [0.15, 0.2) is 0 Å². The number of nitrogens with one attached hydrogen (secondary N) is 1. The lowest BCUT2D eigenvalue weighted by molar-refractivity contribution is -0.118. The fourth-order valence-corrected chi connectivity index (χ4v) is 2.48. The van der Waals surface area contributed by atoms with E-state index in [1.54, 1.807) is 7.11 Å². The molecule has 1 aliphatic rings. The monoisotopic (exact) mass is 322 g/mol. The van der Waals surface area contributed by atoms with Crippen LogP contribution in [-0.4, -0.2) is 45.0 Å². The maximum Gasteiger partial charge on any atom is 0.227 e. The Morgan fingerprint density at radius 2 is 2.35 bits per heavy atom. The van der Waals surface area contributed by atoms with Crippen molar-refractivity contribution in [1.29, 1.82) is 0 Å². The predicted octanol–water partition coefficient (Wildman–Crippen LogP) is 1.86. The Kier molecular flexibility index (Phi) is 6.83. The summed E-state index contributed by atoms with van der Waals surface area (Å²) >= 11 is 0. The summed E-state index contributed by atoms with van der Waals surface area (Å²) in [5.41, 5.74) is 7.28. The summed E-state index contributed by atoms with van der Waals surface area (Å²) in [6.45, 7) is 3.58. The van der Waals surface area contributed by atoms with Crippen LogP contribution in [0.1, 0.15) is 24.8 Å². The Hall–Kier alpha value is -1.63. The molecule has 2 rings (SSSR count). The zero-order valence-electron chi connectivity index (χ0n) is 13.8. The van der Waals surface area contributed by atoms with Crippen molar-refractivity contribution < 1.29 is 19.0 Å². The molecule has 0 aromatic heterocycles. The first kappa shape index (κ1) is 17.7. The Morgan fingerprint density at radius 3 is 3.00 bits per heavy atom. The zero-order chi connectivity index (χ0) is 16.7. The number of benzene rings is 1. The van der Waals surface area contributed by atoms with E-state index in [0.29, 0.717) is 24.6 Å². The molecule has 0 aliphatic carbocycles. The summed E-state index contributed by atoms with van der Waals surface area (Å²) in [4.78, 5) is 12.1. The van der Waals surface area contributed by atoms with Crippen molar-refractivity contribution in [2.75, 3.05) is 32.2 Å². The molecule has 1 amide bonds. The molecule has 1 heterocycles. The number of hydrogen-bond acceptors (Lipinski definition) is 5. The van der Waals surface area contributed by atoms with Crippen molar-refractivity contribution in [2.45, 2.75) is 38.4 Å². The number of carbonyl (C=O) groups excluding carboxylic acids is 1. The van der Waals surface area contributed by atoms with Crippen LogP contribution in [0.15, 0.2) is 18.2 Å². The molecule has 128 valence electrons. The van der Waals surface area contributed by atoms with Gasteiger partial charge < -0.3 is 25.3 Å². The third-order valence-corrected chi connectivity index (χ3v) is 3.87. The van der Waals surface area contributed by atoms with Crippen LogP contribution in [0.2, 0.25) is 0 Å². The average molecular weight is 322 g/mol. The second kappa shape index (κ2) is 8.86. The second-order valence-corrected chi connectivity index (χ2v) is 5.79. The van der Waals surface area contributed by atoms with E-state index < -0.39 is 0 Å². The first-order valence-corrected chi connectivity index (χ1v) is 8.00. The van der Waals surface area contributed by atoms with Gasteiger partial charge in [-0.15, -0.1) is 0 Å². The van der Waals surface area contributed by atoms with Crippen molar-refractivity contribution in [2.24, 2.45) is 5.73 Å². The molecule has 0 spiro atoms. The lowest BCUT2D eigenvalue weighted by Crippen LogP contribution is -2.28. The topological polar surface area (TPSA) is 82.8 Å². The molecule has 3 N–H and O–H groups in total. The van der Waals surface area contributed by atoms with Crippen LogP contribution in [0.5, 0.6) is 5.75 Å². The van der Waals surface area contributed by atoms with E-state index in [0.717, 1.165) is 25.0 Å².